The molecule has 0 radical (unpaired) electrons. The number of amides is 1. The standard InChI is InChI=1S/C20H26F2N4O3S2/c1-13-7-14(2)10-26(9-13)11-15-12-30-20(24-15)25-19(27)5-6-23-31(28,29)16-3-4-17(21)18(22)8-16/h3-4,8,12-14,23H,5-7,9-11H2,1-2H3,(H,24,25,27). The van der Waals surface area contributed by atoms with Gasteiger partial charge in [-0.3, -0.25) is 9.69 Å². The first-order valence-electron chi connectivity index (χ1n) is 10.0. The van der Waals surface area contributed by atoms with Gasteiger partial charge >= 0.3 is 0 Å². The van der Waals surface area contributed by atoms with Crippen LogP contribution >= 0.6 is 11.3 Å². The quantitative estimate of drug-likeness (QED) is 0.616. The van der Waals surface area contributed by atoms with E-state index in [1.165, 1.54) is 17.8 Å². The highest BCUT2D eigenvalue weighted by atomic mass is 32.2. The largest absolute Gasteiger partial charge is 0.302 e. The summed E-state index contributed by atoms with van der Waals surface area (Å²) in [6.45, 7) is 7.10. The summed E-state index contributed by atoms with van der Waals surface area (Å²) >= 11 is 1.32. The van der Waals surface area contributed by atoms with Crippen LogP contribution < -0.4 is 10.0 Å². The SMILES string of the molecule is CC1CC(C)CN(Cc2csc(NC(=O)CCNS(=O)(=O)c3ccc(F)c(F)c3)n2)C1. The van der Waals surface area contributed by atoms with Crippen LogP contribution in [0.5, 0.6) is 0 Å². The van der Waals surface area contributed by atoms with E-state index >= 15 is 0 Å². The average molecular weight is 473 g/mol. The van der Waals surface area contributed by atoms with E-state index in [-0.39, 0.29) is 13.0 Å². The van der Waals surface area contributed by atoms with Crippen molar-refractivity contribution in [2.75, 3.05) is 25.0 Å². The maximum Gasteiger partial charge on any atom is 0.240 e. The molecule has 2 heterocycles. The lowest BCUT2D eigenvalue weighted by atomic mass is 9.92. The normalized spacial score (nSPS) is 20.0. The fourth-order valence-electron chi connectivity index (χ4n) is 3.80. The van der Waals surface area contributed by atoms with Crippen molar-refractivity contribution in [2.45, 2.75) is 38.1 Å². The highest BCUT2D eigenvalue weighted by molar-refractivity contribution is 7.89. The van der Waals surface area contributed by atoms with E-state index in [0.29, 0.717) is 23.0 Å². The molecule has 31 heavy (non-hydrogen) atoms. The fourth-order valence-corrected chi connectivity index (χ4v) is 5.56. The first-order chi connectivity index (χ1) is 14.6. The first kappa shape index (κ1) is 23.7. The number of rotatable bonds is 8. The van der Waals surface area contributed by atoms with Gasteiger partial charge in [-0.05, 0) is 36.5 Å². The number of carbonyl (C=O) groups excluding carboxylic acids is 1. The Labute approximate surface area is 184 Å². The summed E-state index contributed by atoms with van der Waals surface area (Å²) in [6, 6.07) is 2.29. The summed E-state index contributed by atoms with van der Waals surface area (Å²) in [5.74, 6) is -1.48. The molecule has 2 N–H and O–H groups in total. The molecule has 170 valence electrons. The molecule has 1 aromatic carbocycles. The number of sulfonamides is 1. The van der Waals surface area contributed by atoms with Crippen molar-refractivity contribution in [3.63, 3.8) is 0 Å². The minimum absolute atomic E-state index is 0.126. The second-order valence-electron chi connectivity index (χ2n) is 8.06. The molecule has 7 nitrogen and oxygen atoms in total. The van der Waals surface area contributed by atoms with Crippen molar-refractivity contribution in [1.82, 2.24) is 14.6 Å². The van der Waals surface area contributed by atoms with Gasteiger partial charge in [-0.2, -0.15) is 0 Å². The van der Waals surface area contributed by atoms with E-state index in [4.69, 9.17) is 0 Å². The highest BCUT2D eigenvalue weighted by Gasteiger charge is 2.22. The molecule has 2 atom stereocenters. The second kappa shape index (κ2) is 10.1. The molecule has 2 unspecified atom stereocenters. The molecule has 3 rings (SSSR count). The summed E-state index contributed by atoms with van der Waals surface area (Å²) in [7, 11) is -4.04. The van der Waals surface area contributed by atoms with E-state index in [1.807, 2.05) is 5.38 Å². The summed E-state index contributed by atoms with van der Waals surface area (Å²) in [5.41, 5.74) is 0.889. The number of hydrogen-bond donors (Lipinski definition) is 2. The molecular weight excluding hydrogens is 446 g/mol. The maximum atomic E-state index is 13.3. The molecule has 0 bridgehead atoms. The molecule has 0 aliphatic carbocycles. The molecular formula is C20H26F2N4O3S2. The smallest absolute Gasteiger partial charge is 0.240 e. The van der Waals surface area contributed by atoms with E-state index in [2.05, 4.69) is 33.8 Å². The summed E-state index contributed by atoms with van der Waals surface area (Å²) in [5, 5.41) is 5.03. The lowest BCUT2D eigenvalue weighted by Gasteiger charge is -2.34. The second-order valence-corrected chi connectivity index (χ2v) is 10.7. The van der Waals surface area contributed by atoms with Crippen LogP contribution in [0, 0.1) is 23.5 Å². The van der Waals surface area contributed by atoms with Gasteiger partial charge in [0.25, 0.3) is 0 Å². The number of halogens is 2. The zero-order valence-electron chi connectivity index (χ0n) is 17.4. The summed E-state index contributed by atoms with van der Waals surface area (Å²) in [6.07, 6.45) is 1.10. The Morgan fingerprint density at radius 3 is 2.61 bits per heavy atom. The third-order valence-corrected chi connectivity index (χ3v) is 7.24. The van der Waals surface area contributed by atoms with Gasteiger partial charge in [0.15, 0.2) is 16.8 Å². The minimum atomic E-state index is -4.04. The fraction of sp³-hybridized carbons (Fsp3) is 0.500. The number of likely N-dealkylation sites (tertiary alicyclic amines) is 1. The van der Waals surface area contributed by atoms with Gasteiger partial charge < -0.3 is 5.32 Å². The lowest BCUT2D eigenvalue weighted by molar-refractivity contribution is -0.116. The molecule has 0 saturated carbocycles. The van der Waals surface area contributed by atoms with Gasteiger partial charge in [0.05, 0.1) is 10.6 Å². The zero-order valence-corrected chi connectivity index (χ0v) is 19.0. The van der Waals surface area contributed by atoms with Crippen LogP contribution in [0.25, 0.3) is 0 Å². The third-order valence-electron chi connectivity index (χ3n) is 4.97. The monoisotopic (exact) mass is 472 g/mol. The van der Waals surface area contributed by atoms with Crippen molar-refractivity contribution < 1.29 is 22.0 Å². The Balaban J connectivity index is 1.46. The molecule has 1 saturated heterocycles. The van der Waals surface area contributed by atoms with E-state index in [1.54, 1.807) is 0 Å². The van der Waals surface area contributed by atoms with Crippen molar-refractivity contribution in [3.8, 4) is 0 Å². The van der Waals surface area contributed by atoms with Crippen molar-refractivity contribution in [1.29, 1.82) is 0 Å². The Kier molecular flexibility index (Phi) is 7.73. The number of nitrogens with zero attached hydrogens (tertiary/aromatic N) is 2. The lowest BCUT2D eigenvalue weighted by Crippen LogP contribution is -2.38. The van der Waals surface area contributed by atoms with Crippen molar-refractivity contribution >= 4 is 32.4 Å². The number of piperidine rings is 1. The van der Waals surface area contributed by atoms with Crippen LogP contribution in [0.2, 0.25) is 0 Å². The number of nitrogens with one attached hydrogen (secondary N) is 2. The van der Waals surface area contributed by atoms with Crippen molar-refractivity contribution in [2.24, 2.45) is 11.8 Å². The Morgan fingerprint density at radius 2 is 1.94 bits per heavy atom. The number of aromatic nitrogens is 1. The highest BCUT2D eigenvalue weighted by Crippen LogP contribution is 2.24. The number of thiazole rings is 1. The van der Waals surface area contributed by atoms with Crippen LogP contribution in [-0.4, -0.2) is 43.8 Å². The minimum Gasteiger partial charge on any atom is -0.302 e. The summed E-state index contributed by atoms with van der Waals surface area (Å²) < 4.78 is 52.7. The topological polar surface area (TPSA) is 91.4 Å². The Morgan fingerprint density at radius 1 is 1.23 bits per heavy atom. The molecule has 2 aromatic rings. The summed E-state index contributed by atoms with van der Waals surface area (Å²) in [4.78, 5) is 18.5. The average Bonchev–Trinajstić information content (AvgIpc) is 3.09. The van der Waals surface area contributed by atoms with Crippen LogP contribution in [0.4, 0.5) is 13.9 Å². The van der Waals surface area contributed by atoms with E-state index < -0.39 is 32.5 Å². The molecule has 11 heteroatoms. The number of carbonyl (C=O) groups is 1. The van der Waals surface area contributed by atoms with Gasteiger partial charge in [0.2, 0.25) is 15.9 Å². The number of anilines is 1. The zero-order chi connectivity index (χ0) is 22.6. The van der Waals surface area contributed by atoms with E-state index in [0.717, 1.165) is 37.5 Å². The Bertz CT molecular complexity index is 1020. The molecule has 0 spiro atoms. The predicted molar refractivity (Wildman–Crippen MR) is 115 cm³/mol. The Hall–Kier alpha value is -1.95. The molecule has 1 aromatic heterocycles. The van der Waals surface area contributed by atoms with Crippen LogP contribution in [0.15, 0.2) is 28.5 Å². The molecule has 1 amide bonds. The number of hydrogen-bond acceptors (Lipinski definition) is 6. The van der Waals surface area contributed by atoms with Crippen LogP contribution in [0.1, 0.15) is 32.4 Å². The van der Waals surface area contributed by atoms with Gasteiger partial charge in [-0.15, -0.1) is 11.3 Å². The van der Waals surface area contributed by atoms with Crippen molar-refractivity contribution in [3.05, 3.63) is 40.9 Å². The third kappa shape index (κ3) is 6.76. The van der Waals surface area contributed by atoms with Gasteiger partial charge in [0, 0.05) is 38.0 Å². The van der Waals surface area contributed by atoms with Crippen LogP contribution in [0.3, 0.4) is 0 Å². The van der Waals surface area contributed by atoms with Crippen LogP contribution in [-0.2, 0) is 21.4 Å². The molecule has 1 aliphatic heterocycles. The first-order valence-corrected chi connectivity index (χ1v) is 12.4. The van der Waals surface area contributed by atoms with Gasteiger partial charge in [-0.1, -0.05) is 13.8 Å². The maximum absolute atomic E-state index is 13.3. The predicted octanol–water partition coefficient (Wildman–Crippen LogP) is 3.21. The molecule has 1 aliphatic rings. The van der Waals surface area contributed by atoms with E-state index in [9.17, 15) is 22.0 Å². The van der Waals surface area contributed by atoms with Gasteiger partial charge in [-0.25, -0.2) is 26.9 Å². The van der Waals surface area contributed by atoms with Gasteiger partial charge in [0.1, 0.15) is 0 Å². The number of benzene rings is 1. The molecule has 1 fully saturated rings.